The van der Waals surface area contributed by atoms with Crippen LogP contribution < -0.4 is 10.6 Å². The number of pyridine rings is 1. The van der Waals surface area contributed by atoms with E-state index in [0.29, 0.717) is 6.10 Å². The molecule has 1 saturated heterocycles. The Morgan fingerprint density at radius 2 is 2.50 bits per heavy atom. The highest BCUT2D eigenvalue weighted by molar-refractivity contribution is 5.66. The van der Waals surface area contributed by atoms with Gasteiger partial charge < -0.3 is 15.4 Å². The Balaban J connectivity index is 2.07. The molecule has 1 unspecified atom stereocenters. The average Bonchev–Trinajstić information content (AvgIpc) is 2.30. The Bertz CT molecular complexity index is 341. The van der Waals surface area contributed by atoms with E-state index in [1.807, 2.05) is 13.0 Å². The van der Waals surface area contributed by atoms with Gasteiger partial charge in [0.2, 0.25) is 0 Å². The maximum absolute atomic E-state index is 5.93. The fourth-order valence-corrected chi connectivity index (χ4v) is 2.22. The molecule has 1 aliphatic rings. The standard InChI is InChI=1S/C12H19N3O/c1-2-16-10-4-3-7-15(9-10)12-5-6-14-8-11(12)13/h5-6,8,10H,2-4,7,9,13H2,1H3. The molecule has 2 N–H and O–H groups in total. The third-order valence-electron chi connectivity index (χ3n) is 2.95. The van der Waals surface area contributed by atoms with Crippen LogP contribution in [0.1, 0.15) is 19.8 Å². The van der Waals surface area contributed by atoms with Gasteiger partial charge in [0, 0.05) is 25.9 Å². The summed E-state index contributed by atoms with van der Waals surface area (Å²) in [6.07, 6.45) is 6.14. The first-order valence-electron chi connectivity index (χ1n) is 5.87. The molecule has 1 fully saturated rings. The highest BCUT2D eigenvalue weighted by atomic mass is 16.5. The maximum Gasteiger partial charge on any atom is 0.0750 e. The van der Waals surface area contributed by atoms with Gasteiger partial charge in [-0.3, -0.25) is 4.98 Å². The van der Waals surface area contributed by atoms with Crippen LogP contribution in [0.25, 0.3) is 0 Å². The summed E-state index contributed by atoms with van der Waals surface area (Å²) in [6, 6.07) is 1.98. The fraction of sp³-hybridized carbons (Fsp3) is 0.583. The highest BCUT2D eigenvalue weighted by Gasteiger charge is 2.21. The van der Waals surface area contributed by atoms with Gasteiger partial charge in [0.05, 0.1) is 23.7 Å². The molecule has 88 valence electrons. The lowest BCUT2D eigenvalue weighted by Crippen LogP contribution is -2.40. The van der Waals surface area contributed by atoms with E-state index in [9.17, 15) is 0 Å². The molecule has 0 saturated carbocycles. The quantitative estimate of drug-likeness (QED) is 0.843. The Hall–Kier alpha value is -1.29. The average molecular weight is 221 g/mol. The van der Waals surface area contributed by atoms with Crippen LogP contribution in [-0.4, -0.2) is 30.8 Å². The second-order valence-electron chi connectivity index (χ2n) is 4.10. The first kappa shape index (κ1) is 11.2. The lowest BCUT2D eigenvalue weighted by atomic mass is 10.1. The van der Waals surface area contributed by atoms with Crippen molar-refractivity contribution in [3.63, 3.8) is 0 Å². The molecule has 4 heteroatoms. The van der Waals surface area contributed by atoms with Crippen LogP contribution in [0.5, 0.6) is 0 Å². The molecule has 2 rings (SSSR count). The van der Waals surface area contributed by atoms with Crippen molar-refractivity contribution >= 4 is 11.4 Å². The van der Waals surface area contributed by atoms with Gasteiger partial charge in [-0.25, -0.2) is 0 Å². The number of ether oxygens (including phenoxy) is 1. The number of aromatic nitrogens is 1. The van der Waals surface area contributed by atoms with E-state index in [1.165, 1.54) is 0 Å². The molecule has 16 heavy (non-hydrogen) atoms. The van der Waals surface area contributed by atoms with Gasteiger partial charge in [-0.05, 0) is 25.8 Å². The summed E-state index contributed by atoms with van der Waals surface area (Å²) in [4.78, 5) is 6.30. The first-order chi connectivity index (χ1) is 7.81. The van der Waals surface area contributed by atoms with Crippen molar-refractivity contribution in [3.05, 3.63) is 18.5 Å². The van der Waals surface area contributed by atoms with E-state index in [-0.39, 0.29) is 0 Å². The summed E-state index contributed by atoms with van der Waals surface area (Å²) in [5.41, 5.74) is 7.76. The Labute approximate surface area is 96.4 Å². The number of hydrogen-bond acceptors (Lipinski definition) is 4. The Morgan fingerprint density at radius 1 is 1.62 bits per heavy atom. The maximum atomic E-state index is 5.93. The zero-order valence-electron chi connectivity index (χ0n) is 9.72. The van der Waals surface area contributed by atoms with Crippen LogP contribution in [-0.2, 0) is 4.74 Å². The smallest absolute Gasteiger partial charge is 0.0750 e. The monoisotopic (exact) mass is 221 g/mol. The minimum absolute atomic E-state index is 0.339. The normalized spacial score (nSPS) is 21.1. The number of nitrogens with two attached hydrogens (primary N) is 1. The summed E-state index contributed by atoms with van der Waals surface area (Å²) in [5.74, 6) is 0. The van der Waals surface area contributed by atoms with E-state index in [2.05, 4.69) is 9.88 Å². The van der Waals surface area contributed by atoms with Crippen molar-refractivity contribution in [2.24, 2.45) is 0 Å². The summed E-state index contributed by atoms with van der Waals surface area (Å²) in [7, 11) is 0. The second-order valence-corrected chi connectivity index (χ2v) is 4.10. The second kappa shape index (κ2) is 5.16. The van der Waals surface area contributed by atoms with E-state index >= 15 is 0 Å². The van der Waals surface area contributed by atoms with Crippen molar-refractivity contribution in [3.8, 4) is 0 Å². The van der Waals surface area contributed by atoms with Gasteiger partial charge in [0.1, 0.15) is 0 Å². The van der Waals surface area contributed by atoms with E-state index in [0.717, 1.165) is 43.9 Å². The zero-order chi connectivity index (χ0) is 11.4. The van der Waals surface area contributed by atoms with Crippen molar-refractivity contribution in [1.82, 2.24) is 4.98 Å². The van der Waals surface area contributed by atoms with Crippen LogP contribution in [0.15, 0.2) is 18.5 Å². The number of nitrogen functional groups attached to an aromatic ring is 1. The molecular weight excluding hydrogens is 202 g/mol. The van der Waals surface area contributed by atoms with Gasteiger partial charge in [-0.2, -0.15) is 0 Å². The predicted octanol–water partition coefficient (Wildman–Crippen LogP) is 1.67. The zero-order valence-corrected chi connectivity index (χ0v) is 9.72. The van der Waals surface area contributed by atoms with Crippen molar-refractivity contribution in [2.75, 3.05) is 30.3 Å². The van der Waals surface area contributed by atoms with Gasteiger partial charge in [0.25, 0.3) is 0 Å². The molecule has 1 aromatic rings. The number of rotatable bonds is 3. The minimum Gasteiger partial charge on any atom is -0.396 e. The van der Waals surface area contributed by atoms with Crippen LogP contribution in [0.2, 0.25) is 0 Å². The van der Waals surface area contributed by atoms with Gasteiger partial charge in [0.15, 0.2) is 0 Å². The molecule has 0 radical (unpaired) electrons. The molecule has 1 aromatic heterocycles. The molecule has 0 spiro atoms. The van der Waals surface area contributed by atoms with Gasteiger partial charge in [-0.1, -0.05) is 0 Å². The number of piperidine rings is 1. The minimum atomic E-state index is 0.339. The highest BCUT2D eigenvalue weighted by Crippen LogP contribution is 2.25. The van der Waals surface area contributed by atoms with E-state index in [4.69, 9.17) is 10.5 Å². The number of anilines is 2. The molecular formula is C12H19N3O. The molecule has 0 bridgehead atoms. The van der Waals surface area contributed by atoms with Crippen molar-refractivity contribution in [1.29, 1.82) is 0 Å². The van der Waals surface area contributed by atoms with Gasteiger partial charge >= 0.3 is 0 Å². The first-order valence-corrected chi connectivity index (χ1v) is 5.87. The lowest BCUT2D eigenvalue weighted by Gasteiger charge is -2.34. The molecule has 4 nitrogen and oxygen atoms in total. The molecule has 0 amide bonds. The van der Waals surface area contributed by atoms with Crippen LogP contribution in [0, 0.1) is 0 Å². The summed E-state index contributed by atoms with van der Waals surface area (Å²) in [5, 5.41) is 0. The molecule has 1 aliphatic heterocycles. The van der Waals surface area contributed by atoms with Gasteiger partial charge in [-0.15, -0.1) is 0 Å². The largest absolute Gasteiger partial charge is 0.396 e. The molecule has 0 aromatic carbocycles. The molecule has 0 aliphatic carbocycles. The predicted molar refractivity (Wildman–Crippen MR) is 65.5 cm³/mol. The van der Waals surface area contributed by atoms with E-state index < -0.39 is 0 Å². The fourth-order valence-electron chi connectivity index (χ4n) is 2.22. The molecule has 1 atom stereocenters. The lowest BCUT2D eigenvalue weighted by molar-refractivity contribution is 0.0527. The van der Waals surface area contributed by atoms with Crippen molar-refractivity contribution < 1.29 is 4.74 Å². The SMILES string of the molecule is CCOC1CCCN(c2ccncc2N)C1. The van der Waals surface area contributed by atoms with E-state index in [1.54, 1.807) is 12.4 Å². The summed E-state index contributed by atoms with van der Waals surface area (Å²) >= 11 is 0. The topological polar surface area (TPSA) is 51.4 Å². The number of hydrogen-bond donors (Lipinski definition) is 1. The van der Waals surface area contributed by atoms with Crippen molar-refractivity contribution in [2.45, 2.75) is 25.9 Å². The Kier molecular flexibility index (Phi) is 3.62. The van der Waals surface area contributed by atoms with Crippen LogP contribution in [0.4, 0.5) is 11.4 Å². The Morgan fingerprint density at radius 3 is 3.25 bits per heavy atom. The number of nitrogens with zero attached hydrogens (tertiary/aromatic N) is 2. The summed E-state index contributed by atoms with van der Waals surface area (Å²) < 4.78 is 5.68. The third-order valence-corrected chi connectivity index (χ3v) is 2.95. The third kappa shape index (κ3) is 2.44. The summed E-state index contributed by atoms with van der Waals surface area (Å²) in [6.45, 7) is 4.81. The molecule has 2 heterocycles. The van der Waals surface area contributed by atoms with Crippen LogP contribution >= 0.6 is 0 Å². The van der Waals surface area contributed by atoms with Crippen LogP contribution in [0.3, 0.4) is 0 Å².